The fourth-order valence-electron chi connectivity index (χ4n) is 2.23. The zero-order valence-corrected chi connectivity index (χ0v) is 14.8. The Bertz CT molecular complexity index is 544. The average Bonchev–Trinajstić information content (AvgIpc) is 2.91. The van der Waals surface area contributed by atoms with E-state index in [2.05, 4.69) is 21.0 Å². The number of ether oxygens (including phenoxy) is 2. The molecule has 1 amide bonds. The Morgan fingerprint density at radius 2 is 2.23 bits per heavy atom. The monoisotopic (exact) mass is 377 g/mol. The lowest BCUT2D eigenvalue weighted by Gasteiger charge is -2.28. The number of likely N-dealkylation sites (tertiary alicyclic amines) is 1. The number of nitrogens with zero attached hydrogens (tertiary/aromatic N) is 3. The van der Waals surface area contributed by atoms with Crippen LogP contribution in [0.15, 0.2) is 10.8 Å². The molecule has 1 aromatic heterocycles. The maximum Gasteiger partial charge on any atom is 0.410 e. The minimum atomic E-state index is -1.12. The lowest BCUT2D eigenvalue weighted by molar-refractivity contribution is 0.0144. The van der Waals surface area contributed by atoms with Crippen molar-refractivity contribution < 1.29 is 18.7 Å². The highest BCUT2D eigenvalue weighted by atomic mass is 79.9. The molecule has 2 heterocycles. The van der Waals surface area contributed by atoms with E-state index in [-0.39, 0.29) is 6.61 Å². The minimum Gasteiger partial charge on any atom is -0.487 e. The Balaban J connectivity index is 2.00. The second-order valence-electron chi connectivity index (χ2n) is 6.28. The summed E-state index contributed by atoms with van der Waals surface area (Å²) in [6.45, 7) is 5.74. The third-order valence-electron chi connectivity index (χ3n) is 3.34. The van der Waals surface area contributed by atoms with Gasteiger partial charge in [0.25, 0.3) is 0 Å². The number of aromatic nitrogens is 2. The van der Waals surface area contributed by atoms with Crippen LogP contribution in [0.4, 0.5) is 9.18 Å². The SMILES string of the molecule is Cn1ncc(OC[C@H]2[C@H](F)CCN2C(=O)OC(C)(C)C)c1Br. The maximum atomic E-state index is 14.1. The van der Waals surface area contributed by atoms with E-state index >= 15 is 0 Å². The van der Waals surface area contributed by atoms with E-state index in [4.69, 9.17) is 9.47 Å². The highest BCUT2D eigenvalue weighted by molar-refractivity contribution is 9.10. The van der Waals surface area contributed by atoms with Gasteiger partial charge in [0, 0.05) is 13.6 Å². The molecule has 0 saturated carbocycles. The van der Waals surface area contributed by atoms with Crippen LogP contribution in [0.2, 0.25) is 0 Å². The number of rotatable bonds is 3. The predicted octanol–water partition coefficient (Wildman–Crippen LogP) is 2.91. The molecule has 0 spiro atoms. The average molecular weight is 378 g/mol. The lowest BCUT2D eigenvalue weighted by Crippen LogP contribution is -2.44. The van der Waals surface area contributed by atoms with Gasteiger partial charge >= 0.3 is 6.09 Å². The van der Waals surface area contributed by atoms with E-state index in [1.807, 2.05) is 0 Å². The van der Waals surface area contributed by atoms with E-state index in [1.54, 1.807) is 38.7 Å². The van der Waals surface area contributed by atoms with Crippen molar-refractivity contribution >= 4 is 22.0 Å². The van der Waals surface area contributed by atoms with E-state index < -0.39 is 23.9 Å². The van der Waals surface area contributed by atoms with Crippen LogP contribution in [0.3, 0.4) is 0 Å². The summed E-state index contributed by atoms with van der Waals surface area (Å²) in [5.74, 6) is 0.519. The van der Waals surface area contributed by atoms with Gasteiger partial charge in [-0.3, -0.25) is 9.58 Å². The molecule has 0 radical (unpaired) electrons. The second kappa shape index (κ2) is 6.44. The first-order valence-electron chi connectivity index (χ1n) is 7.13. The van der Waals surface area contributed by atoms with Crippen molar-refractivity contribution in [3.8, 4) is 5.75 Å². The molecule has 22 heavy (non-hydrogen) atoms. The number of halogens is 2. The number of hydrogen-bond acceptors (Lipinski definition) is 4. The van der Waals surface area contributed by atoms with Crippen LogP contribution in [0.5, 0.6) is 5.75 Å². The zero-order valence-electron chi connectivity index (χ0n) is 13.2. The summed E-state index contributed by atoms with van der Waals surface area (Å²) >= 11 is 3.34. The van der Waals surface area contributed by atoms with Crippen LogP contribution in [0.25, 0.3) is 0 Å². The summed E-state index contributed by atoms with van der Waals surface area (Å²) in [4.78, 5) is 13.6. The molecule has 0 bridgehead atoms. The second-order valence-corrected chi connectivity index (χ2v) is 7.03. The number of alkyl halides is 1. The highest BCUT2D eigenvalue weighted by Gasteiger charge is 2.40. The quantitative estimate of drug-likeness (QED) is 0.812. The van der Waals surface area contributed by atoms with Gasteiger partial charge in [0.2, 0.25) is 0 Å². The number of carbonyl (C=O) groups is 1. The molecular weight excluding hydrogens is 357 g/mol. The Hall–Kier alpha value is -1.31. The van der Waals surface area contributed by atoms with Gasteiger partial charge in [-0.25, -0.2) is 9.18 Å². The molecule has 1 aliphatic heterocycles. The summed E-state index contributed by atoms with van der Waals surface area (Å²) in [6.07, 6.45) is 0.209. The van der Waals surface area contributed by atoms with Crippen LogP contribution in [-0.2, 0) is 11.8 Å². The molecule has 0 unspecified atom stereocenters. The fourth-order valence-corrected chi connectivity index (χ4v) is 2.54. The van der Waals surface area contributed by atoms with Crippen LogP contribution < -0.4 is 4.74 Å². The predicted molar refractivity (Wildman–Crippen MR) is 82.6 cm³/mol. The van der Waals surface area contributed by atoms with Crippen molar-refractivity contribution in [1.29, 1.82) is 0 Å². The van der Waals surface area contributed by atoms with Crippen LogP contribution in [0.1, 0.15) is 27.2 Å². The fraction of sp³-hybridized carbons (Fsp3) is 0.714. The van der Waals surface area contributed by atoms with Gasteiger partial charge in [0.15, 0.2) is 5.75 Å². The molecule has 0 N–H and O–H groups in total. The van der Waals surface area contributed by atoms with Crippen molar-refractivity contribution in [2.75, 3.05) is 13.2 Å². The van der Waals surface area contributed by atoms with Gasteiger partial charge in [0.05, 0.1) is 6.20 Å². The first-order valence-corrected chi connectivity index (χ1v) is 7.92. The van der Waals surface area contributed by atoms with E-state index in [1.165, 1.54) is 4.90 Å². The summed E-state index contributed by atoms with van der Waals surface area (Å²) in [5, 5.41) is 4.03. The standard InChI is InChI=1S/C14H21BrFN3O3/c1-14(2,3)22-13(20)19-6-5-9(16)10(19)8-21-11-7-17-18(4)12(11)15/h7,9-10H,5-6,8H2,1-4H3/t9-,10+/m1/s1. The zero-order chi connectivity index (χ0) is 16.5. The molecule has 0 aromatic carbocycles. The van der Waals surface area contributed by atoms with E-state index in [0.717, 1.165) is 0 Å². The van der Waals surface area contributed by atoms with Crippen molar-refractivity contribution in [2.45, 2.75) is 45.0 Å². The van der Waals surface area contributed by atoms with Gasteiger partial charge in [-0.05, 0) is 43.1 Å². The Kier molecular flexibility index (Phi) is 4.99. The van der Waals surface area contributed by atoms with Crippen molar-refractivity contribution in [2.24, 2.45) is 7.05 Å². The summed E-state index contributed by atoms with van der Waals surface area (Å²) in [6, 6.07) is -0.651. The molecular formula is C14H21BrFN3O3. The molecule has 6 nitrogen and oxygen atoms in total. The van der Waals surface area contributed by atoms with Crippen LogP contribution >= 0.6 is 15.9 Å². The normalized spacial score (nSPS) is 22.0. The molecule has 2 rings (SSSR count). The first kappa shape index (κ1) is 17.1. The number of amides is 1. The topological polar surface area (TPSA) is 56.6 Å². The molecule has 124 valence electrons. The number of hydrogen-bond donors (Lipinski definition) is 0. The van der Waals surface area contributed by atoms with Crippen molar-refractivity contribution in [1.82, 2.24) is 14.7 Å². The maximum absolute atomic E-state index is 14.1. The van der Waals surface area contributed by atoms with Gasteiger partial charge in [0.1, 0.15) is 29.0 Å². The minimum absolute atomic E-state index is 0.0602. The summed E-state index contributed by atoms with van der Waals surface area (Å²) in [7, 11) is 1.76. The molecule has 8 heteroatoms. The highest BCUT2D eigenvalue weighted by Crippen LogP contribution is 2.27. The van der Waals surface area contributed by atoms with Crippen LogP contribution in [0, 0.1) is 0 Å². The van der Waals surface area contributed by atoms with Gasteiger partial charge in [-0.2, -0.15) is 5.10 Å². The van der Waals surface area contributed by atoms with Crippen molar-refractivity contribution in [3.05, 3.63) is 10.8 Å². The van der Waals surface area contributed by atoms with Crippen molar-refractivity contribution in [3.63, 3.8) is 0 Å². The molecule has 1 aliphatic rings. The Morgan fingerprint density at radius 1 is 1.55 bits per heavy atom. The lowest BCUT2D eigenvalue weighted by atomic mass is 10.2. The molecule has 1 aromatic rings. The summed E-state index contributed by atoms with van der Waals surface area (Å²) < 4.78 is 27.3. The van der Waals surface area contributed by atoms with E-state index in [9.17, 15) is 9.18 Å². The smallest absolute Gasteiger partial charge is 0.410 e. The third kappa shape index (κ3) is 3.91. The largest absolute Gasteiger partial charge is 0.487 e. The van der Waals surface area contributed by atoms with Gasteiger partial charge in [-0.15, -0.1) is 0 Å². The molecule has 1 saturated heterocycles. The van der Waals surface area contributed by atoms with E-state index in [0.29, 0.717) is 23.3 Å². The number of aryl methyl sites for hydroxylation is 1. The first-order chi connectivity index (χ1) is 10.2. The number of carbonyl (C=O) groups excluding carboxylic acids is 1. The molecule has 1 fully saturated rings. The van der Waals surface area contributed by atoms with Gasteiger partial charge in [-0.1, -0.05) is 0 Å². The Labute approximate surface area is 137 Å². The third-order valence-corrected chi connectivity index (χ3v) is 4.24. The Morgan fingerprint density at radius 3 is 2.77 bits per heavy atom. The molecule has 0 aliphatic carbocycles. The summed E-state index contributed by atoms with van der Waals surface area (Å²) in [5.41, 5.74) is -0.608. The van der Waals surface area contributed by atoms with Gasteiger partial charge < -0.3 is 9.47 Å². The molecule has 2 atom stereocenters. The van der Waals surface area contributed by atoms with Crippen LogP contribution in [-0.4, -0.2) is 51.7 Å².